The molecule has 0 aromatic heterocycles. The van der Waals surface area contributed by atoms with E-state index in [2.05, 4.69) is 48.7 Å². The molecule has 6 nitrogen and oxygen atoms in total. The van der Waals surface area contributed by atoms with Crippen molar-refractivity contribution in [2.75, 3.05) is 32.8 Å². The molecule has 0 saturated carbocycles. The molecule has 172 valence electrons. The van der Waals surface area contributed by atoms with Crippen LogP contribution in [0.5, 0.6) is 5.75 Å². The van der Waals surface area contributed by atoms with Crippen LogP contribution in [0.15, 0.2) is 53.5 Å². The number of carbonyl (C=O) groups excluding carboxylic acids is 1. The number of nitrogens with one attached hydrogen (secondary N) is 2. The lowest BCUT2D eigenvalue weighted by molar-refractivity contribution is -0.127. The highest BCUT2D eigenvalue weighted by molar-refractivity contribution is 5.81. The van der Waals surface area contributed by atoms with Gasteiger partial charge in [-0.2, -0.15) is 0 Å². The number of likely N-dealkylation sites (tertiary alicyclic amines) is 1. The van der Waals surface area contributed by atoms with Crippen molar-refractivity contribution in [1.82, 2.24) is 15.5 Å². The van der Waals surface area contributed by atoms with Crippen molar-refractivity contribution in [1.29, 1.82) is 0 Å². The summed E-state index contributed by atoms with van der Waals surface area (Å²) in [7, 11) is 0. The second-order valence-corrected chi connectivity index (χ2v) is 8.25. The number of rotatable bonds is 10. The number of hydrogen-bond donors (Lipinski definition) is 2. The summed E-state index contributed by atoms with van der Waals surface area (Å²) in [6.45, 7) is 10.5. The Morgan fingerprint density at radius 2 is 1.94 bits per heavy atom. The Kier molecular flexibility index (Phi) is 8.96. The van der Waals surface area contributed by atoms with Crippen molar-refractivity contribution in [3.05, 3.63) is 65.2 Å². The Hall–Kier alpha value is -3.02. The second-order valence-electron chi connectivity index (χ2n) is 8.25. The molecular formula is C26H36N4O2. The van der Waals surface area contributed by atoms with Crippen molar-refractivity contribution in [2.24, 2.45) is 10.9 Å². The number of ether oxygens (including phenoxy) is 1. The molecule has 1 amide bonds. The quantitative estimate of drug-likeness (QED) is 0.442. The Balaban J connectivity index is 1.49. The summed E-state index contributed by atoms with van der Waals surface area (Å²) in [4.78, 5) is 19.2. The molecule has 1 fully saturated rings. The van der Waals surface area contributed by atoms with E-state index < -0.39 is 0 Å². The van der Waals surface area contributed by atoms with Crippen LogP contribution >= 0.6 is 0 Å². The van der Waals surface area contributed by atoms with Crippen molar-refractivity contribution >= 4 is 11.9 Å². The normalized spacial score (nSPS) is 16.3. The summed E-state index contributed by atoms with van der Waals surface area (Å²) < 4.78 is 5.62. The minimum atomic E-state index is 0.250. The lowest BCUT2D eigenvalue weighted by atomic mass is 10.1. The number of carbonyl (C=O) groups is 1. The summed E-state index contributed by atoms with van der Waals surface area (Å²) in [6.07, 6.45) is 1.50. The average molecular weight is 437 g/mol. The zero-order chi connectivity index (χ0) is 22.8. The first-order valence-corrected chi connectivity index (χ1v) is 11.6. The van der Waals surface area contributed by atoms with E-state index in [0.29, 0.717) is 25.5 Å². The van der Waals surface area contributed by atoms with Crippen molar-refractivity contribution in [2.45, 2.75) is 40.2 Å². The molecule has 2 aromatic carbocycles. The van der Waals surface area contributed by atoms with Gasteiger partial charge in [-0.3, -0.25) is 4.79 Å². The Bertz CT molecular complexity index is 898. The minimum absolute atomic E-state index is 0.250. The average Bonchev–Trinajstić information content (AvgIpc) is 3.16. The van der Waals surface area contributed by atoms with Gasteiger partial charge in [0.15, 0.2) is 5.96 Å². The first-order chi connectivity index (χ1) is 15.6. The van der Waals surface area contributed by atoms with Gasteiger partial charge >= 0.3 is 0 Å². The highest BCUT2D eigenvalue weighted by Gasteiger charge is 2.29. The number of hydrogen-bond acceptors (Lipinski definition) is 3. The number of nitrogens with zero attached hydrogens (tertiary/aromatic N) is 2. The van der Waals surface area contributed by atoms with Crippen molar-refractivity contribution < 1.29 is 9.53 Å². The fourth-order valence-corrected chi connectivity index (χ4v) is 4.00. The van der Waals surface area contributed by atoms with Gasteiger partial charge in [0.05, 0.1) is 13.2 Å². The van der Waals surface area contributed by atoms with Gasteiger partial charge in [-0.15, -0.1) is 0 Å². The zero-order valence-electron chi connectivity index (χ0n) is 19.6. The number of aliphatic imine (C=N–C) groups is 1. The maximum Gasteiger partial charge on any atom is 0.223 e. The monoisotopic (exact) mass is 436 g/mol. The third-order valence-electron chi connectivity index (χ3n) is 5.67. The van der Waals surface area contributed by atoms with Crippen LogP contribution in [0.3, 0.4) is 0 Å². The van der Waals surface area contributed by atoms with Crippen LogP contribution in [0.25, 0.3) is 0 Å². The first-order valence-electron chi connectivity index (χ1n) is 11.6. The number of aryl methyl sites for hydroxylation is 1. The molecule has 2 N–H and O–H groups in total. The summed E-state index contributed by atoms with van der Waals surface area (Å²) in [5.41, 5.74) is 3.54. The van der Waals surface area contributed by atoms with Crippen LogP contribution in [0.1, 0.15) is 37.0 Å². The molecule has 3 rings (SSSR count). The van der Waals surface area contributed by atoms with E-state index in [4.69, 9.17) is 9.73 Å². The molecule has 1 atom stereocenters. The largest absolute Gasteiger partial charge is 0.494 e. The smallest absolute Gasteiger partial charge is 0.223 e. The molecule has 1 aliphatic heterocycles. The van der Waals surface area contributed by atoms with Crippen LogP contribution in [0.2, 0.25) is 0 Å². The van der Waals surface area contributed by atoms with E-state index in [1.807, 2.05) is 36.1 Å². The Labute approximate surface area is 192 Å². The number of guanidine groups is 1. The summed E-state index contributed by atoms with van der Waals surface area (Å²) in [5.74, 6) is 2.26. The first kappa shape index (κ1) is 23.6. The van der Waals surface area contributed by atoms with Gasteiger partial charge in [0.2, 0.25) is 5.91 Å². The number of benzene rings is 2. The van der Waals surface area contributed by atoms with Crippen LogP contribution in [0, 0.1) is 12.8 Å². The third-order valence-corrected chi connectivity index (χ3v) is 5.67. The molecular weight excluding hydrogens is 400 g/mol. The highest BCUT2D eigenvalue weighted by Crippen LogP contribution is 2.20. The molecule has 0 radical (unpaired) electrons. The van der Waals surface area contributed by atoms with E-state index in [9.17, 15) is 4.79 Å². The predicted molar refractivity (Wildman–Crippen MR) is 130 cm³/mol. The highest BCUT2D eigenvalue weighted by atomic mass is 16.5. The lowest BCUT2D eigenvalue weighted by Gasteiger charge is -2.18. The zero-order valence-corrected chi connectivity index (χ0v) is 19.6. The van der Waals surface area contributed by atoms with Crippen LogP contribution in [-0.2, 0) is 17.8 Å². The Morgan fingerprint density at radius 1 is 1.12 bits per heavy atom. The van der Waals surface area contributed by atoms with E-state index >= 15 is 0 Å². The van der Waals surface area contributed by atoms with E-state index in [1.165, 1.54) is 5.56 Å². The van der Waals surface area contributed by atoms with Gasteiger partial charge < -0.3 is 20.3 Å². The summed E-state index contributed by atoms with van der Waals surface area (Å²) >= 11 is 0. The maximum atomic E-state index is 12.4. The molecule has 0 aliphatic carbocycles. The SMILES string of the molecule is CCNC(=NCc1ccc(OCC)c(C)c1)NCC1CC(=O)N(CCc2ccccc2)C1. The minimum Gasteiger partial charge on any atom is -0.494 e. The number of amides is 1. The van der Waals surface area contributed by atoms with E-state index in [-0.39, 0.29) is 5.91 Å². The van der Waals surface area contributed by atoms with E-state index in [1.54, 1.807) is 0 Å². The summed E-state index contributed by atoms with van der Waals surface area (Å²) in [6, 6.07) is 16.5. The second kappa shape index (κ2) is 12.1. The molecule has 32 heavy (non-hydrogen) atoms. The van der Waals surface area contributed by atoms with Crippen LogP contribution in [0.4, 0.5) is 0 Å². The third kappa shape index (κ3) is 7.01. The standard InChI is InChI=1S/C26H36N4O2/c1-4-27-26(28-17-22-11-12-24(32-5-2)20(3)15-22)29-18-23-16-25(31)30(19-23)14-13-21-9-7-6-8-10-21/h6-12,15,23H,4-5,13-14,16-19H2,1-3H3,(H2,27,28,29). The fraction of sp³-hybridized carbons (Fsp3) is 0.462. The van der Waals surface area contributed by atoms with Crippen molar-refractivity contribution in [3.63, 3.8) is 0 Å². The molecule has 1 aliphatic rings. The molecule has 0 spiro atoms. The van der Waals surface area contributed by atoms with E-state index in [0.717, 1.165) is 55.4 Å². The summed E-state index contributed by atoms with van der Waals surface area (Å²) in [5, 5.41) is 6.74. The molecule has 2 aromatic rings. The predicted octanol–water partition coefficient (Wildman–Crippen LogP) is 3.54. The lowest BCUT2D eigenvalue weighted by Crippen LogP contribution is -2.40. The van der Waals surface area contributed by atoms with Gasteiger partial charge in [0.25, 0.3) is 0 Å². The molecule has 1 saturated heterocycles. The van der Waals surface area contributed by atoms with Gasteiger partial charge in [-0.25, -0.2) is 4.99 Å². The topological polar surface area (TPSA) is 66.0 Å². The van der Waals surface area contributed by atoms with Crippen LogP contribution in [-0.4, -0.2) is 49.6 Å². The molecule has 1 heterocycles. The molecule has 1 unspecified atom stereocenters. The van der Waals surface area contributed by atoms with Gasteiger partial charge in [-0.1, -0.05) is 42.5 Å². The fourth-order valence-electron chi connectivity index (χ4n) is 4.00. The van der Waals surface area contributed by atoms with Crippen molar-refractivity contribution in [3.8, 4) is 5.75 Å². The Morgan fingerprint density at radius 3 is 2.66 bits per heavy atom. The van der Waals surface area contributed by atoms with Gasteiger partial charge in [0.1, 0.15) is 5.75 Å². The maximum absolute atomic E-state index is 12.4. The van der Waals surface area contributed by atoms with Gasteiger partial charge in [0, 0.05) is 38.5 Å². The van der Waals surface area contributed by atoms with Gasteiger partial charge in [-0.05, 0) is 49.9 Å². The molecule has 6 heteroatoms. The molecule has 0 bridgehead atoms. The van der Waals surface area contributed by atoms with Crippen LogP contribution < -0.4 is 15.4 Å².